The maximum absolute atomic E-state index is 13.3. The van der Waals surface area contributed by atoms with Crippen LogP contribution in [0, 0.1) is 19.4 Å². The highest BCUT2D eigenvalue weighted by Crippen LogP contribution is 2.24. The molecule has 0 heterocycles. The molecule has 0 aliphatic heterocycles. The molecule has 3 amide bonds. The average molecular weight is 635 g/mol. The smallest absolute Gasteiger partial charge is 0.304 e. The van der Waals surface area contributed by atoms with Gasteiger partial charge in [-0.3, -0.25) is 19.2 Å². The number of hydrogen-bond acceptors (Lipinski definition) is 5. The highest BCUT2D eigenvalue weighted by atomic mass is 32.2. The molecule has 0 fully saturated rings. The van der Waals surface area contributed by atoms with Crippen LogP contribution in [0.5, 0.6) is 0 Å². The van der Waals surface area contributed by atoms with Gasteiger partial charge in [-0.05, 0) is 54.0 Å². The maximum atomic E-state index is 13.3. The van der Waals surface area contributed by atoms with E-state index in [9.17, 15) is 22.8 Å². The van der Waals surface area contributed by atoms with E-state index in [1.165, 1.54) is 24.3 Å². The standard InChI is InChI=1S/C33H39N4O5PS/c1-5-6-7-8-24(3)32(39)35-21-30(38)37(22-34-4)44(41,42)29-19-15-27(16-20-29)33(40)36-31(25-11-9-23(2)10-12-25)26-13-17-28(43)18-14-26/h9-20,24,31H,5-8,21-22,43H2,1-3H3,(H,35,39)(H,36,40). The monoisotopic (exact) mass is 634 g/mol. The predicted molar refractivity (Wildman–Crippen MR) is 175 cm³/mol. The number of carbonyl (C=O) groups excluding carboxylic acids is 3. The van der Waals surface area contributed by atoms with Crippen LogP contribution < -0.4 is 15.9 Å². The lowest BCUT2D eigenvalue weighted by atomic mass is 9.97. The molecule has 3 aromatic rings. The van der Waals surface area contributed by atoms with Crippen LogP contribution in [0.3, 0.4) is 0 Å². The summed E-state index contributed by atoms with van der Waals surface area (Å²) in [5, 5.41) is 6.54. The van der Waals surface area contributed by atoms with Gasteiger partial charge in [0.1, 0.15) is 0 Å². The number of aryl methyl sites for hydroxylation is 1. The van der Waals surface area contributed by atoms with Crippen LogP contribution in [0.1, 0.15) is 72.6 Å². The summed E-state index contributed by atoms with van der Waals surface area (Å²) in [5.41, 5.74) is 3.07. The molecule has 11 heteroatoms. The van der Waals surface area contributed by atoms with Crippen LogP contribution in [-0.2, 0) is 19.6 Å². The van der Waals surface area contributed by atoms with Crippen LogP contribution >= 0.6 is 9.24 Å². The molecule has 0 bridgehead atoms. The molecule has 0 saturated heterocycles. The zero-order valence-corrected chi connectivity index (χ0v) is 27.2. The summed E-state index contributed by atoms with van der Waals surface area (Å²) in [6.45, 7) is 11.7. The van der Waals surface area contributed by atoms with Crippen molar-refractivity contribution in [2.45, 2.75) is 57.4 Å². The van der Waals surface area contributed by atoms with Gasteiger partial charge in [0.25, 0.3) is 21.8 Å². The quantitative estimate of drug-likeness (QED) is 0.151. The predicted octanol–water partition coefficient (Wildman–Crippen LogP) is 4.74. The van der Waals surface area contributed by atoms with E-state index in [1.807, 2.05) is 55.5 Å². The van der Waals surface area contributed by atoms with Crippen LogP contribution in [0.2, 0.25) is 0 Å². The Bertz CT molecular complexity index is 1540. The molecule has 3 aromatic carbocycles. The van der Waals surface area contributed by atoms with Crippen LogP contribution in [0.15, 0.2) is 77.7 Å². The number of sulfonamides is 1. The van der Waals surface area contributed by atoms with Gasteiger partial charge in [0.2, 0.25) is 5.91 Å². The zero-order chi connectivity index (χ0) is 32.3. The Kier molecular flexibility index (Phi) is 12.6. The zero-order valence-electron chi connectivity index (χ0n) is 25.2. The largest absolute Gasteiger partial charge is 0.347 e. The van der Waals surface area contributed by atoms with E-state index in [4.69, 9.17) is 6.57 Å². The number of carbonyl (C=O) groups is 3. The van der Waals surface area contributed by atoms with Crippen molar-refractivity contribution in [3.05, 3.63) is 106 Å². The summed E-state index contributed by atoms with van der Waals surface area (Å²) >= 11 is 0. The Morgan fingerprint density at radius 3 is 2.09 bits per heavy atom. The molecular weight excluding hydrogens is 595 g/mol. The fourth-order valence-electron chi connectivity index (χ4n) is 4.54. The van der Waals surface area contributed by atoms with Crippen LogP contribution in [-0.4, -0.2) is 43.7 Å². The van der Waals surface area contributed by atoms with Gasteiger partial charge in [-0.25, -0.2) is 15.0 Å². The Labute approximate surface area is 262 Å². The molecule has 3 rings (SSSR count). The van der Waals surface area contributed by atoms with Crippen molar-refractivity contribution in [2.24, 2.45) is 5.92 Å². The Balaban J connectivity index is 1.75. The molecule has 0 saturated carbocycles. The first kappa shape index (κ1) is 34.4. The van der Waals surface area contributed by atoms with Crippen molar-refractivity contribution >= 4 is 42.3 Å². The lowest BCUT2D eigenvalue weighted by molar-refractivity contribution is -0.130. The fourth-order valence-corrected chi connectivity index (χ4v) is 6.01. The molecule has 0 aliphatic rings. The van der Waals surface area contributed by atoms with Crippen molar-refractivity contribution in [2.75, 3.05) is 13.2 Å². The first-order chi connectivity index (χ1) is 21.0. The molecular formula is C33H39N4O5PS. The van der Waals surface area contributed by atoms with Crippen molar-refractivity contribution in [1.29, 1.82) is 0 Å². The highest BCUT2D eigenvalue weighted by molar-refractivity contribution is 7.89. The Morgan fingerprint density at radius 2 is 1.52 bits per heavy atom. The number of unbranched alkanes of at least 4 members (excludes halogenated alkanes) is 2. The van der Waals surface area contributed by atoms with E-state index in [1.54, 1.807) is 6.92 Å². The summed E-state index contributed by atoms with van der Waals surface area (Å²) in [6.07, 6.45) is 3.55. The summed E-state index contributed by atoms with van der Waals surface area (Å²) in [7, 11) is -1.79. The number of rotatable bonds is 14. The van der Waals surface area contributed by atoms with Gasteiger partial charge in [-0.1, -0.05) is 87.2 Å². The van der Waals surface area contributed by atoms with E-state index in [-0.39, 0.29) is 22.3 Å². The molecule has 0 aromatic heterocycles. The topological polar surface area (TPSA) is 117 Å². The summed E-state index contributed by atoms with van der Waals surface area (Å²) < 4.78 is 27.1. The first-order valence-corrected chi connectivity index (χ1v) is 16.5. The maximum Gasteiger partial charge on any atom is 0.304 e. The van der Waals surface area contributed by atoms with Gasteiger partial charge < -0.3 is 10.6 Å². The van der Waals surface area contributed by atoms with Crippen LogP contribution in [0.4, 0.5) is 0 Å². The van der Waals surface area contributed by atoms with Crippen molar-refractivity contribution in [1.82, 2.24) is 14.9 Å². The molecule has 3 atom stereocenters. The molecule has 2 N–H and O–H groups in total. The van der Waals surface area contributed by atoms with Crippen molar-refractivity contribution in [3.63, 3.8) is 0 Å². The summed E-state index contributed by atoms with van der Waals surface area (Å²) in [5.74, 6) is -2.01. The van der Waals surface area contributed by atoms with Gasteiger partial charge in [0.15, 0.2) is 0 Å². The van der Waals surface area contributed by atoms with Crippen molar-refractivity contribution < 1.29 is 22.8 Å². The van der Waals surface area contributed by atoms with Crippen LogP contribution in [0.25, 0.3) is 4.85 Å². The lowest BCUT2D eigenvalue weighted by Gasteiger charge is -2.21. The lowest BCUT2D eigenvalue weighted by Crippen LogP contribution is -2.44. The minimum Gasteiger partial charge on any atom is -0.347 e. The highest BCUT2D eigenvalue weighted by Gasteiger charge is 2.32. The number of nitrogens with one attached hydrogen (secondary N) is 2. The second-order valence-electron chi connectivity index (χ2n) is 10.7. The fraction of sp³-hybridized carbons (Fsp3) is 0.333. The van der Waals surface area contributed by atoms with Gasteiger partial charge in [-0.15, -0.1) is 9.24 Å². The average Bonchev–Trinajstić information content (AvgIpc) is 3.02. The summed E-state index contributed by atoms with van der Waals surface area (Å²) in [6, 6.07) is 20.3. The molecule has 0 spiro atoms. The minimum absolute atomic E-state index is 0.219. The minimum atomic E-state index is -4.42. The third kappa shape index (κ3) is 9.22. The van der Waals surface area contributed by atoms with E-state index in [0.717, 1.165) is 41.3 Å². The molecule has 9 nitrogen and oxygen atoms in total. The Morgan fingerprint density at radius 1 is 0.932 bits per heavy atom. The molecule has 44 heavy (non-hydrogen) atoms. The van der Waals surface area contributed by atoms with Crippen molar-refractivity contribution in [3.8, 4) is 0 Å². The normalized spacial score (nSPS) is 12.4. The SMILES string of the molecule is [C-]#[N+]CN(C(=O)CNC(=O)C(C)CCCCC)S(=O)(=O)c1ccc(C(=O)NC(c2ccc(C)cc2)c2ccc(P)cc2)cc1. The van der Waals surface area contributed by atoms with E-state index in [0.29, 0.717) is 10.7 Å². The second-order valence-corrected chi connectivity index (χ2v) is 13.2. The number of benzene rings is 3. The van der Waals surface area contributed by atoms with Gasteiger partial charge >= 0.3 is 6.67 Å². The molecule has 3 unspecified atom stereocenters. The summed E-state index contributed by atoms with van der Waals surface area (Å²) in [4.78, 5) is 41.4. The third-order valence-corrected chi connectivity index (χ3v) is 9.39. The van der Waals surface area contributed by atoms with Gasteiger partial charge in [0.05, 0.1) is 17.5 Å². The molecule has 0 aliphatic carbocycles. The van der Waals surface area contributed by atoms with Gasteiger partial charge in [0, 0.05) is 11.5 Å². The van der Waals surface area contributed by atoms with Gasteiger partial charge in [-0.2, -0.15) is 4.31 Å². The first-order valence-electron chi connectivity index (χ1n) is 14.5. The van der Waals surface area contributed by atoms with E-state index < -0.39 is 41.1 Å². The number of amides is 3. The van der Waals surface area contributed by atoms with E-state index in [2.05, 4.69) is 31.6 Å². The molecule has 232 valence electrons. The number of nitrogens with zero attached hydrogens (tertiary/aromatic N) is 2. The third-order valence-electron chi connectivity index (χ3n) is 7.24. The molecule has 0 radical (unpaired) electrons. The number of hydrogen-bond donors (Lipinski definition) is 2. The van der Waals surface area contributed by atoms with E-state index >= 15 is 0 Å². The second kappa shape index (κ2) is 16.1. The Hall–Kier alpha value is -4.06.